The van der Waals surface area contributed by atoms with Crippen LogP contribution >= 0.6 is 22.9 Å². The molecule has 2 rings (SSSR count). The average Bonchev–Trinajstić information content (AvgIpc) is 2.60. The van der Waals surface area contributed by atoms with Crippen LogP contribution in [0.3, 0.4) is 0 Å². The zero-order valence-corrected chi connectivity index (χ0v) is 9.49. The van der Waals surface area contributed by atoms with Crippen LogP contribution in [0.2, 0.25) is 5.02 Å². The molecule has 3 heteroatoms. The second-order valence-electron chi connectivity index (χ2n) is 3.01. The maximum absolute atomic E-state index is 6.07. The number of ether oxygens (including phenoxy) is 1. The van der Waals surface area contributed by atoms with Crippen LogP contribution in [0, 0.1) is 0 Å². The Bertz CT molecular complexity index is 436. The van der Waals surface area contributed by atoms with E-state index in [2.05, 4.69) is 11.4 Å². The molecule has 0 saturated heterocycles. The van der Waals surface area contributed by atoms with E-state index in [1.54, 1.807) is 11.3 Å². The highest BCUT2D eigenvalue weighted by atomic mass is 35.5. The molecule has 0 saturated carbocycles. The summed E-state index contributed by atoms with van der Waals surface area (Å²) in [6.07, 6.45) is 0. The number of benzene rings is 1. The third-order valence-electron chi connectivity index (χ3n) is 2.09. The summed E-state index contributed by atoms with van der Waals surface area (Å²) in [5, 5.41) is 4.16. The normalized spacial score (nSPS) is 11.0. The molecular weight excluding hydrogens is 216 g/mol. The minimum atomic E-state index is 0.677. The lowest BCUT2D eigenvalue weighted by Crippen LogP contribution is -1.89. The first-order valence-electron chi connectivity index (χ1n) is 4.55. The molecule has 2 aromatic rings. The Labute approximate surface area is 92.3 Å². The summed E-state index contributed by atoms with van der Waals surface area (Å²) in [5.74, 6) is 0. The highest BCUT2D eigenvalue weighted by Crippen LogP contribution is 2.32. The van der Waals surface area contributed by atoms with E-state index in [9.17, 15) is 0 Å². The fraction of sp³-hybridized carbons (Fsp3) is 0.273. The molecule has 1 aromatic heterocycles. The first kappa shape index (κ1) is 9.97. The van der Waals surface area contributed by atoms with E-state index in [0.29, 0.717) is 6.61 Å². The van der Waals surface area contributed by atoms with Gasteiger partial charge in [0.15, 0.2) is 0 Å². The van der Waals surface area contributed by atoms with Crippen LogP contribution in [-0.2, 0) is 11.3 Å². The molecule has 0 amide bonds. The molecule has 1 aromatic carbocycles. The standard InChI is InChI=1S/C11H11ClOS/c1-2-13-6-8-7-14-11-9(8)4-3-5-10(11)12/h3-5,7H,2,6H2,1H3. The van der Waals surface area contributed by atoms with Crippen LogP contribution < -0.4 is 0 Å². The molecule has 0 fully saturated rings. The van der Waals surface area contributed by atoms with Gasteiger partial charge in [0, 0.05) is 6.61 Å². The number of rotatable bonds is 3. The van der Waals surface area contributed by atoms with Gasteiger partial charge >= 0.3 is 0 Å². The fourth-order valence-corrected chi connectivity index (χ4v) is 2.67. The van der Waals surface area contributed by atoms with Crippen LogP contribution in [-0.4, -0.2) is 6.61 Å². The first-order chi connectivity index (χ1) is 6.83. The van der Waals surface area contributed by atoms with E-state index < -0.39 is 0 Å². The molecule has 0 aliphatic carbocycles. The Morgan fingerprint density at radius 3 is 3.07 bits per heavy atom. The Kier molecular flexibility index (Phi) is 3.06. The maximum atomic E-state index is 6.07. The van der Waals surface area contributed by atoms with Gasteiger partial charge in [0.25, 0.3) is 0 Å². The minimum absolute atomic E-state index is 0.677. The molecule has 0 bridgehead atoms. The zero-order chi connectivity index (χ0) is 9.97. The Hall–Kier alpha value is -0.570. The molecule has 1 nitrogen and oxygen atoms in total. The predicted octanol–water partition coefficient (Wildman–Crippen LogP) is 4.09. The van der Waals surface area contributed by atoms with Gasteiger partial charge in [-0.2, -0.15) is 0 Å². The van der Waals surface area contributed by atoms with Crippen molar-refractivity contribution in [3.8, 4) is 0 Å². The summed E-state index contributed by atoms with van der Waals surface area (Å²) in [6, 6.07) is 5.99. The fourth-order valence-electron chi connectivity index (χ4n) is 1.40. The maximum Gasteiger partial charge on any atom is 0.0730 e. The molecule has 1 heterocycles. The van der Waals surface area contributed by atoms with E-state index in [1.165, 1.54) is 10.9 Å². The summed E-state index contributed by atoms with van der Waals surface area (Å²) in [6.45, 7) is 3.43. The van der Waals surface area contributed by atoms with E-state index in [4.69, 9.17) is 16.3 Å². The van der Waals surface area contributed by atoms with Crippen molar-refractivity contribution in [2.24, 2.45) is 0 Å². The molecule has 0 atom stereocenters. The SMILES string of the molecule is CCOCc1csc2c(Cl)cccc12. The van der Waals surface area contributed by atoms with Gasteiger partial charge in [0.2, 0.25) is 0 Å². The van der Waals surface area contributed by atoms with E-state index in [-0.39, 0.29) is 0 Å². The lowest BCUT2D eigenvalue weighted by atomic mass is 10.2. The molecule has 0 aliphatic heterocycles. The Morgan fingerprint density at radius 2 is 2.29 bits per heavy atom. The molecule has 0 aliphatic rings. The molecule has 14 heavy (non-hydrogen) atoms. The van der Waals surface area contributed by atoms with E-state index in [1.807, 2.05) is 19.1 Å². The molecule has 0 N–H and O–H groups in total. The monoisotopic (exact) mass is 226 g/mol. The molecule has 0 spiro atoms. The number of hydrogen-bond donors (Lipinski definition) is 0. The Balaban J connectivity index is 2.42. The zero-order valence-electron chi connectivity index (χ0n) is 7.92. The number of thiophene rings is 1. The summed E-state index contributed by atoms with van der Waals surface area (Å²) in [5.41, 5.74) is 1.23. The van der Waals surface area contributed by atoms with Crippen molar-refractivity contribution >= 4 is 33.0 Å². The summed E-state index contributed by atoms with van der Waals surface area (Å²) in [4.78, 5) is 0. The van der Waals surface area contributed by atoms with Crippen molar-refractivity contribution in [1.29, 1.82) is 0 Å². The van der Waals surface area contributed by atoms with Crippen LogP contribution in [0.15, 0.2) is 23.6 Å². The van der Waals surface area contributed by atoms with Gasteiger partial charge in [0.1, 0.15) is 0 Å². The summed E-state index contributed by atoms with van der Waals surface area (Å²) in [7, 11) is 0. The van der Waals surface area contributed by atoms with Crippen molar-refractivity contribution in [3.05, 3.63) is 34.2 Å². The number of hydrogen-bond acceptors (Lipinski definition) is 2. The predicted molar refractivity (Wildman–Crippen MR) is 62.2 cm³/mol. The quantitative estimate of drug-likeness (QED) is 0.766. The summed E-state index contributed by atoms with van der Waals surface area (Å²) >= 11 is 7.75. The van der Waals surface area contributed by atoms with Gasteiger partial charge in [-0.1, -0.05) is 23.7 Å². The highest BCUT2D eigenvalue weighted by molar-refractivity contribution is 7.18. The Morgan fingerprint density at radius 1 is 1.43 bits per heavy atom. The minimum Gasteiger partial charge on any atom is -0.377 e. The van der Waals surface area contributed by atoms with Crippen molar-refractivity contribution in [3.63, 3.8) is 0 Å². The third kappa shape index (κ3) is 1.78. The third-order valence-corrected chi connectivity index (χ3v) is 3.60. The molecular formula is C11H11ClOS. The van der Waals surface area contributed by atoms with E-state index >= 15 is 0 Å². The van der Waals surface area contributed by atoms with Crippen LogP contribution in [0.1, 0.15) is 12.5 Å². The smallest absolute Gasteiger partial charge is 0.0730 e. The lowest BCUT2D eigenvalue weighted by Gasteiger charge is -1.99. The number of fused-ring (bicyclic) bond motifs is 1. The van der Waals surface area contributed by atoms with Gasteiger partial charge in [-0.3, -0.25) is 0 Å². The van der Waals surface area contributed by atoms with Crippen LogP contribution in [0.25, 0.3) is 10.1 Å². The van der Waals surface area contributed by atoms with Crippen molar-refractivity contribution < 1.29 is 4.74 Å². The lowest BCUT2D eigenvalue weighted by molar-refractivity contribution is 0.135. The number of halogens is 1. The molecule has 0 radical (unpaired) electrons. The second kappa shape index (κ2) is 4.30. The average molecular weight is 227 g/mol. The van der Waals surface area contributed by atoms with Gasteiger partial charge in [0.05, 0.1) is 16.3 Å². The molecule has 74 valence electrons. The van der Waals surface area contributed by atoms with Crippen molar-refractivity contribution in [1.82, 2.24) is 0 Å². The largest absolute Gasteiger partial charge is 0.377 e. The highest BCUT2D eigenvalue weighted by Gasteiger charge is 2.05. The van der Waals surface area contributed by atoms with Gasteiger partial charge in [-0.25, -0.2) is 0 Å². The van der Waals surface area contributed by atoms with E-state index in [0.717, 1.165) is 16.3 Å². The topological polar surface area (TPSA) is 9.23 Å². The van der Waals surface area contributed by atoms with Gasteiger partial charge < -0.3 is 4.74 Å². The van der Waals surface area contributed by atoms with Crippen LogP contribution in [0.4, 0.5) is 0 Å². The molecule has 0 unspecified atom stereocenters. The summed E-state index contributed by atoms with van der Waals surface area (Å²) < 4.78 is 6.55. The van der Waals surface area contributed by atoms with Gasteiger partial charge in [-0.05, 0) is 29.3 Å². The van der Waals surface area contributed by atoms with Crippen molar-refractivity contribution in [2.75, 3.05) is 6.61 Å². The first-order valence-corrected chi connectivity index (χ1v) is 5.81. The van der Waals surface area contributed by atoms with Crippen molar-refractivity contribution in [2.45, 2.75) is 13.5 Å². The van der Waals surface area contributed by atoms with Crippen LogP contribution in [0.5, 0.6) is 0 Å². The van der Waals surface area contributed by atoms with Gasteiger partial charge in [-0.15, -0.1) is 11.3 Å². The second-order valence-corrected chi connectivity index (χ2v) is 4.30.